The minimum atomic E-state index is -0.566. The molecule has 5 rings (SSSR count). The lowest BCUT2D eigenvalue weighted by Gasteiger charge is -2.41. The zero-order chi connectivity index (χ0) is 27.9. The number of aliphatic hydroxyl groups excluding tert-OH is 1. The lowest BCUT2D eigenvalue weighted by atomic mass is 9.91. The molecule has 1 aliphatic rings. The molecule has 2 heterocycles. The number of carbonyl (C=O) groups excluding carboxylic acids is 1. The van der Waals surface area contributed by atoms with Gasteiger partial charge in [-0.1, -0.05) is 79.3 Å². The molecule has 0 spiro atoms. The molecule has 40 heavy (non-hydrogen) atoms. The summed E-state index contributed by atoms with van der Waals surface area (Å²) in [4.78, 5) is 20.1. The van der Waals surface area contributed by atoms with Crippen LogP contribution in [0.25, 0.3) is 11.1 Å². The minimum Gasteiger partial charge on any atom is -0.392 e. The molecule has 4 atom stereocenters. The minimum absolute atomic E-state index is 0.00222. The van der Waals surface area contributed by atoms with Crippen molar-refractivity contribution in [2.45, 2.75) is 50.7 Å². The van der Waals surface area contributed by atoms with Crippen molar-refractivity contribution in [1.29, 1.82) is 0 Å². The first kappa shape index (κ1) is 28.0. The number of nitrogens with one attached hydrogen (secondary N) is 1. The largest absolute Gasteiger partial charge is 0.392 e. The average molecular weight is 556 g/mol. The molecule has 1 aromatic heterocycles. The van der Waals surface area contributed by atoms with Crippen molar-refractivity contribution >= 4 is 17.7 Å². The summed E-state index contributed by atoms with van der Waals surface area (Å²) in [5.74, 6) is 0.697. The van der Waals surface area contributed by atoms with Crippen LogP contribution in [0.15, 0.2) is 96.4 Å². The van der Waals surface area contributed by atoms with Gasteiger partial charge >= 0.3 is 0 Å². The van der Waals surface area contributed by atoms with Crippen molar-refractivity contribution in [2.75, 3.05) is 5.75 Å². The highest BCUT2D eigenvalue weighted by Gasteiger charge is 2.38. The fraction of sp³-hybridized carbons (Fsp3) is 0.281. The second-order valence-electron chi connectivity index (χ2n) is 9.90. The maximum atomic E-state index is 11.4. The molecule has 1 aliphatic heterocycles. The normalized spacial score (nSPS) is 20.7. The zero-order valence-corrected chi connectivity index (χ0v) is 23.4. The third-order valence-corrected chi connectivity index (χ3v) is 7.97. The fourth-order valence-electron chi connectivity index (χ4n) is 4.78. The van der Waals surface area contributed by atoms with Crippen LogP contribution in [-0.2, 0) is 27.4 Å². The first-order valence-corrected chi connectivity index (χ1v) is 14.3. The van der Waals surface area contributed by atoms with Crippen LogP contribution in [0.1, 0.15) is 48.5 Å². The standard InChI is InChI=1S/C32H33N3O4S/c1-21-29(20-40-32-33-14-5-15-34-32)38-31(39-30(21)25-12-10-23(19-36)11-13-25)28-9-4-8-27(17-28)26-7-3-6-24(16-26)18-35-22(2)37/h3-17,21,29-31,36H,18-20H2,1-2H3,(H,35,37)/t21-,29+,30+,31+/m0/s1. The SMILES string of the molecule is CC(=O)NCc1cccc(-c2cccc([C@@H]3O[C@H](CSc4ncccn4)[C@H](C)[C@H](c4ccc(CO)cc4)O3)c2)c1. The summed E-state index contributed by atoms with van der Waals surface area (Å²) in [6.07, 6.45) is 2.62. The second-order valence-corrected chi connectivity index (χ2v) is 10.9. The highest BCUT2D eigenvalue weighted by molar-refractivity contribution is 7.99. The van der Waals surface area contributed by atoms with E-state index >= 15 is 0 Å². The molecule has 206 valence electrons. The van der Waals surface area contributed by atoms with Gasteiger partial charge in [-0.05, 0) is 46.0 Å². The van der Waals surface area contributed by atoms with Gasteiger partial charge in [-0.25, -0.2) is 9.97 Å². The lowest BCUT2D eigenvalue weighted by molar-refractivity contribution is -0.268. The summed E-state index contributed by atoms with van der Waals surface area (Å²) in [7, 11) is 0. The molecular formula is C32H33N3O4S. The van der Waals surface area contributed by atoms with Crippen LogP contribution < -0.4 is 5.32 Å². The molecule has 0 radical (unpaired) electrons. The molecule has 1 amide bonds. The van der Waals surface area contributed by atoms with Gasteiger partial charge in [-0.15, -0.1) is 0 Å². The van der Waals surface area contributed by atoms with Crippen molar-refractivity contribution in [1.82, 2.24) is 15.3 Å². The molecule has 4 aromatic rings. The van der Waals surface area contributed by atoms with E-state index in [-0.39, 0.29) is 30.6 Å². The van der Waals surface area contributed by atoms with Crippen molar-refractivity contribution in [3.63, 3.8) is 0 Å². The number of benzene rings is 3. The Morgan fingerprint density at radius 1 is 0.900 bits per heavy atom. The van der Waals surface area contributed by atoms with E-state index in [1.807, 2.05) is 54.6 Å². The highest BCUT2D eigenvalue weighted by Crippen LogP contribution is 2.43. The number of aliphatic hydroxyl groups is 1. The molecule has 0 saturated carbocycles. The predicted octanol–water partition coefficient (Wildman–Crippen LogP) is 5.86. The lowest BCUT2D eigenvalue weighted by Crippen LogP contribution is -2.38. The number of rotatable bonds is 9. The first-order valence-electron chi connectivity index (χ1n) is 13.3. The summed E-state index contributed by atoms with van der Waals surface area (Å²) < 4.78 is 13.2. The fourth-order valence-corrected chi connectivity index (χ4v) is 5.74. The number of amides is 1. The molecule has 7 nitrogen and oxygen atoms in total. The monoisotopic (exact) mass is 555 g/mol. The Morgan fingerprint density at radius 3 is 2.35 bits per heavy atom. The summed E-state index contributed by atoms with van der Waals surface area (Å²) in [5.41, 5.74) is 5.97. The Morgan fingerprint density at radius 2 is 1.62 bits per heavy atom. The van der Waals surface area contributed by atoms with Gasteiger partial charge in [0.25, 0.3) is 0 Å². The van der Waals surface area contributed by atoms with Gasteiger partial charge in [0.1, 0.15) is 0 Å². The second kappa shape index (κ2) is 13.2. The number of ether oxygens (including phenoxy) is 2. The molecule has 3 aromatic carbocycles. The third kappa shape index (κ3) is 6.95. The van der Waals surface area contributed by atoms with Gasteiger partial charge in [0.05, 0.1) is 18.8 Å². The smallest absolute Gasteiger partial charge is 0.217 e. The molecular weight excluding hydrogens is 522 g/mol. The molecule has 8 heteroatoms. The van der Waals surface area contributed by atoms with Crippen molar-refractivity contribution < 1.29 is 19.4 Å². The van der Waals surface area contributed by atoms with Gasteiger partial charge in [-0.2, -0.15) is 0 Å². The van der Waals surface area contributed by atoms with Crippen LogP contribution in [-0.4, -0.2) is 32.8 Å². The van der Waals surface area contributed by atoms with E-state index in [2.05, 4.69) is 46.5 Å². The van der Waals surface area contributed by atoms with Crippen molar-refractivity contribution in [2.24, 2.45) is 5.92 Å². The van der Waals surface area contributed by atoms with E-state index in [1.54, 1.807) is 24.2 Å². The Balaban J connectivity index is 1.41. The highest BCUT2D eigenvalue weighted by atomic mass is 32.2. The molecule has 0 aliphatic carbocycles. The van der Waals surface area contributed by atoms with E-state index in [9.17, 15) is 9.90 Å². The summed E-state index contributed by atoms with van der Waals surface area (Å²) >= 11 is 1.57. The van der Waals surface area contributed by atoms with Gasteiger partial charge in [-0.3, -0.25) is 4.79 Å². The number of hydrogen-bond donors (Lipinski definition) is 2. The van der Waals surface area contributed by atoms with Gasteiger partial charge in [0, 0.05) is 43.1 Å². The van der Waals surface area contributed by atoms with Crippen LogP contribution in [0.5, 0.6) is 0 Å². The molecule has 1 saturated heterocycles. The number of thioether (sulfide) groups is 1. The van der Waals surface area contributed by atoms with E-state index in [4.69, 9.17) is 9.47 Å². The van der Waals surface area contributed by atoms with E-state index < -0.39 is 6.29 Å². The van der Waals surface area contributed by atoms with Crippen LogP contribution in [0.2, 0.25) is 0 Å². The molecule has 0 unspecified atom stereocenters. The number of aromatic nitrogens is 2. The number of carbonyl (C=O) groups is 1. The third-order valence-electron chi connectivity index (χ3n) is 7.00. The van der Waals surface area contributed by atoms with Crippen LogP contribution in [0.3, 0.4) is 0 Å². The molecule has 1 fully saturated rings. The topological polar surface area (TPSA) is 93.6 Å². The number of hydrogen-bond acceptors (Lipinski definition) is 7. The summed E-state index contributed by atoms with van der Waals surface area (Å²) in [5, 5.41) is 13.1. The Hall–Kier alpha value is -3.56. The van der Waals surface area contributed by atoms with Crippen molar-refractivity contribution in [3.05, 3.63) is 114 Å². The molecule has 0 bridgehead atoms. The Labute approximate surface area is 239 Å². The van der Waals surface area contributed by atoms with Crippen molar-refractivity contribution in [3.8, 4) is 11.1 Å². The maximum absolute atomic E-state index is 11.4. The Kier molecular flexibility index (Phi) is 9.23. The average Bonchev–Trinajstić information content (AvgIpc) is 3.00. The molecule has 2 N–H and O–H groups in total. The Bertz CT molecular complexity index is 1420. The van der Waals surface area contributed by atoms with Gasteiger partial charge in [0.2, 0.25) is 5.91 Å². The van der Waals surface area contributed by atoms with E-state index in [0.29, 0.717) is 17.5 Å². The predicted molar refractivity (Wildman–Crippen MR) is 155 cm³/mol. The first-order chi connectivity index (χ1) is 19.5. The summed E-state index contributed by atoms with van der Waals surface area (Å²) in [6, 6.07) is 26.1. The van der Waals surface area contributed by atoms with Crippen LogP contribution >= 0.6 is 11.8 Å². The zero-order valence-electron chi connectivity index (χ0n) is 22.6. The van der Waals surface area contributed by atoms with Gasteiger partial charge < -0.3 is 19.9 Å². The quantitative estimate of drug-likeness (QED) is 0.197. The maximum Gasteiger partial charge on any atom is 0.217 e. The van der Waals surface area contributed by atoms with E-state index in [0.717, 1.165) is 33.4 Å². The number of nitrogens with zero attached hydrogens (tertiary/aromatic N) is 2. The summed E-state index contributed by atoms with van der Waals surface area (Å²) in [6.45, 7) is 4.15. The van der Waals surface area contributed by atoms with Crippen LogP contribution in [0, 0.1) is 5.92 Å². The van der Waals surface area contributed by atoms with Crippen LogP contribution in [0.4, 0.5) is 0 Å². The van der Waals surface area contributed by atoms with E-state index in [1.165, 1.54) is 6.92 Å². The van der Waals surface area contributed by atoms with Gasteiger partial charge in [0.15, 0.2) is 11.4 Å².